The maximum absolute atomic E-state index is 15.1. The van der Waals surface area contributed by atoms with Crippen LogP contribution in [0.25, 0.3) is 33.3 Å². The molecule has 14 rings (SSSR count). The molecule has 4 bridgehead atoms. The number of likely N-dealkylation sites (tertiary alicyclic amines) is 1. The van der Waals surface area contributed by atoms with Gasteiger partial charge in [0, 0.05) is 37.9 Å². The van der Waals surface area contributed by atoms with E-state index in [2.05, 4.69) is 88.4 Å². The highest BCUT2D eigenvalue weighted by atomic mass is 16.5. The summed E-state index contributed by atoms with van der Waals surface area (Å²) >= 11 is 0. The smallest absolute Gasteiger partial charge is 0.407 e. The molecule has 76 heavy (non-hydrogen) atoms. The van der Waals surface area contributed by atoms with Gasteiger partial charge < -0.3 is 39.5 Å². The Morgan fingerprint density at radius 3 is 2.07 bits per heavy atom. The highest BCUT2D eigenvalue weighted by molar-refractivity contribution is 5.98. The van der Waals surface area contributed by atoms with Crippen LogP contribution in [-0.4, -0.2) is 114 Å². The van der Waals surface area contributed by atoms with Gasteiger partial charge in [0.2, 0.25) is 11.6 Å². The molecule has 5 aromatic rings. The molecule has 1 aromatic heterocycles. The Hall–Kier alpha value is -6.22. The maximum atomic E-state index is 15.1. The molecule has 2 saturated heterocycles. The number of imidazole rings is 1. The van der Waals surface area contributed by atoms with Gasteiger partial charge in [-0.15, -0.1) is 4.58 Å². The Balaban J connectivity index is 0.883. The van der Waals surface area contributed by atoms with Gasteiger partial charge in [-0.1, -0.05) is 80.3 Å². The Morgan fingerprint density at radius 1 is 0.724 bits per heavy atom. The zero-order valence-corrected chi connectivity index (χ0v) is 45.1. The molecule has 6 aliphatic carbocycles. The van der Waals surface area contributed by atoms with Crippen molar-refractivity contribution in [2.75, 3.05) is 28.4 Å². The van der Waals surface area contributed by atoms with E-state index in [1.54, 1.807) is 21.1 Å². The van der Waals surface area contributed by atoms with E-state index in [0.717, 1.165) is 109 Å². The Labute approximate surface area is 446 Å². The molecule has 2 saturated carbocycles. The number of aromatic nitrogens is 2. The number of benzene rings is 4. The molecule has 3 amide bonds. The summed E-state index contributed by atoms with van der Waals surface area (Å²) in [4.78, 5) is 65.9. The number of hydrogen-bond acceptors (Lipinski definition) is 10. The Bertz CT molecular complexity index is 3060. The molecule has 10 atom stereocenters. The van der Waals surface area contributed by atoms with Gasteiger partial charge in [-0.05, 0) is 147 Å². The predicted octanol–water partition coefficient (Wildman–Crippen LogP) is 9.67. The number of nitrogens with zero attached hydrogens (tertiary/aromatic N) is 3. The van der Waals surface area contributed by atoms with E-state index in [4.69, 9.17) is 23.9 Å². The second kappa shape index (κ2) is 22.0. The number of H-pyrrole nitrogens is 1. The highest BCUT2D eigenvalue weighted by Gasteiger charge is 2.50. The molecule has 0 spiro atoms. The molecule has 4 fully saturated rings. The monoisotopic (exact) mass is 1030 g/mol. The number of rotatable bonds is 13. The quantitative estimate of drug-likeness (QED) is 0.0764. The number of carbonyl (C=O) groups excluding carboxylic acids is 4. The van der Waals surface area contributed by atoms with Crippen LogP contribution in [-0.2, 0) is 65.4 Å². The highest BCUT2D eigenvalue weighted by Crippen LogP contribution is 2.47. The lowest BCUT2D eigenvalue weighted by Crippen LogP contribution is -2.56. The molecule has 400 valence electrons. The number of amides is 3. The minimum absolute atomic E-state index is 0.0545. The average molecular weight is 1030 g/mol. The predicted molar refractivity (Wildman–Crippen MR) is 291 cm³/mol. The van der Waals surface area contributed by atoms with Crippen LogP contribution < -0.4 is 10.6 Å². The van der Waals surface area contributed by atoms with Crippen LogP contribution in [0, 0.1) is 17.8 Å². The van der Waals surface area contributed by atoms with Crippen molar-refractivity contribution in [1.29, 1.82) is 0 Å². The van der Waals surface area contributed by atoms with Gasteiger partial charge in [0.25, 0.3) is 0 Å². The normalized spacial score (nSPS) is 24.5. The number of ether oxygens (including phenoxy) is 4. The number of methoxy groups -OCH3 is 4. The average Bonchev–Trinajstić information content (AvgIpc) is 4.29. The van der Waals surface area contributed by atoms with Gasteiger partial charge in [-0.25, -0.2) is 14.6 Å². The van der Waals surface area contributed by atoms with Crippen molar-refractivity contribution in [2.45, 2.75) is 159 Å². The molecule has 9 aliphatic rings. The number of hydrogen-bond donors (Lipinski definition) is 3. The van der Waals surface area contributed by atoms with Gasteiger partial charge in [0.1, 0.15) is 17.8 Å². The summed E-state index contributed by atoms with van der Waals surface area (Å²) in [5.74, 6) is 0.283. The number of carbonyl (C=O) groups is 4. The zero-order chi connectivity index (χ0) is 52.8. The van der Waals surface area contributed by atoms with Gasteiger partial charge in [0.05, 0.1) is 62.4 Å². The summed E-state index contributed by atoms with van der Waals surface area (Å²) in [5, 5.41) is 6.74. The lowest BCUT2D eigenvalue weighted by Gasteiger charge is -2.37. The largest absolute Gasteiger partial charge is 0.469 e. The van der Waals surface area contributed by atoms with Crippen LogP contribution in [0.2, 0.25) is 0 Å². The summed E-state index contributed by atoms with van der Waals surface area (Å²) in [6.45, 7) is 3.66. The SMILES string of the molecule is COC(=O)C[C@H](C(=O)[N+]1=C(C2C[C@@H]3CCCC[C@@H]3N2)Cc2ccc(-c3cc4ccc3CCc3ccc(c(-c5ccc6nc([C@@H]7C[C@@H]8CCCC[C@@H]8N7C(=O)[C@@H](NC(=O)OC)[C@@H](C)OC)[nH]c6c5)c3)CC4)cc21)[C@@H](C)OC. The summed E-state index contributed by atoms with van der Waals surface area (Å²) < 4.78 is 23.4. The Morgan fingerprint density at radius 2 is 1.38 bits per heavy atom. The van der Waals surface area contributed by atoms with Crippen LogP contribution in [0.1, 0.15) is 124 Å². The molecule has 14 heteroatoms. The number of esters is 1. The molecular weight excluding hydrogens is 957 g/mol. The van der Waals surface area contributed by atoms with E-state index < -0.39 is 36.2 Å². The topological polar surface area (TPSA) is 164 Å². The van der Waals surface area contributed by atoms with Crippen LogP contribution >= 0.6 is 0 Å². The summed E-state index contributed by atoms with van der Waals surface area (Å²) in [7, 11) is 5.82. The van der Waals surface area contributed by atoms with Crippen LogP contribution in [0.15, 0.2) is 72.8 Å². The molecule has 14 nitrogen and oxygen atoms in total. The fourth-order valence-corrected chi connectivity index (χ4v) is 14.0. The minimum Gasteiger partial charge on any atom is -0.469 e. The fourth-order valence-electron chi connectivity index (χ4n) is 14.0. The minimum atomic E-state index is -0.908. The van der Waals surface area contributed by atoms with Crippen LogP contribution in [0.5, 0.6) is 0 Å². The van der Waals surface area contributed by atoms with E-state index in [1.165, 1.54) is 73.3 Å². The van der Waals surface area contributed by atoms with Crippen molar-refractivity contribution < 1.29 is 42.7 Å². The molecule has 0 radical (unpaired) electrons. The van der Waals surface area contributed by atoms with Crippen molar-refractivity contribution in [3.63, 3.8) is 0 Å². The van der Waals surface area contributed by atoms with E-state index in [9.17, 15) is 14.4 Å². The van der Waals surface area contributed by atoms with E-state index in [1.807, 2.05) is 16.4 Å². The molecule has 3 N–H and O–H groups in total. The number of aryl methyl sites for hydroxylation is 4. The van der Waals surface area contributed by atoms with E-state index in [0.29, 0.717) is 24.3 Å². The molecule has 4 aromatic carbocycles. The first kappa shape index (κ1) is 51.9. The van der Waals surface area contributed by atoms with E-state index >= 15 is 4.79 Å². The Kier molecular flexibility index (Phi) is 15.0. The lowest BCUT2D eigenvalue weighted by molar-refractivity contribution is -0.373. The van der Waals surface area contributed by atoms with Crippen LogP contribution in [0.3, 0.4) is 0 Å². The number of aromatic amines is 1. The molecule has 3 aliphatic heterocycles. The van der Waals surface area contributed by atoms with Crippen molar-refractivity contribution >= 4 is 46.3 Å². The van der Waals surface area contributed by atoms with Crippen molar-refractivity contribution in [3.8, 4) is 22.3 Å². The first-order valence-electron chi connectivity index (χ1n) is 28.0. The molecular formula is C62H75N6O8+. The van der Waals surface area contributed by atoms with Gasteiger partial charge >= 0.3 is 18.0 Å². The molecule has 1 unspecified atom stereocenters. The number of alkyl carbamates (subject to hydrolysis) is 1. The van der Waals surface area contributed by atoms with E-state index in [-0.39, 0.29) is 36.4 Å². The third-order valence-electron chi connectivity index (χ3n) is 18.4. The lowest BCUT2D eigenvalue weighted by atomic mass is 9.84. The second-order valence-corrected chi connectivity index (χ2v) is 22.6. The standard InChI is InChI=1S/C62H74N6O8/c1-35(73-3)46(34-57(69)75-5)60(70)68-54-31-42(23-24-45(54)32-55(68)52-30-43-11-7-9-13-49(43)63-52)48-28-38-16-20-39-19-15-37(17-21-40(48)22-18-38)27-47(39)41-25-26-50-51(29-41)65-59(64-50)56-33-44-12-8-10-14-53(44)67(56)61(71)58(36(2)74-4)66-62(72)76-6/h15,18-19,22-29,31,35-36,43-44,46,49,52-53,56,58,63H,7-14,16-17,20-21,30,32-34H2,1-6H3,(H-,64,65,66,72)/p+1/t35-,36-,43+,44+,46+,49+,52?,53+,56+,58+/m1/s1. The molecule has 4 heterocycles. The zero-order valence-electron chi connectivity index (χ0n) is 45.1. The van der Waals surface area contributed by atoms with Gasteiger partial charge in [0.15, 0.2) is 5.71 Å². The maximum Gasteiger partial charge on any atom is 0.407 e. The number of fused-ring (bicyclic) bond motifs is 4. The summed E-state index contributed by atoms with van der Waals surface area (Å²) in [6.07, 6.45) is 13.1. The van der Waals surface area contributed by atoms with Crippen molar-refractivity contribution in [2.24, 2.45) is 17.8 Å². The fraction of sp³-hybridized carbons (Fsp3) is 0.516. The number of nitrogens with one attached hydrogen (secondary N) is 3. The first-order valence-corrected chi connectivity index (χ1v) is 28.0. The summed E-state index contributed by atoms with van der Waals surface area (Å²) in [6, 6.07) is 26.5. The van der Waals surface area contributed by atoms with Crippen molar-refractivity contribution in [1.82, 2.24) is 25.5 Å². The third kappa shape index (κ3) is 10.0. The van der Waals surface area contributed by atoms with Crippen molar-refractivity contribution in [3.05, 3.63) is 106 Å². The van der Waals surface area contributed by atoms with Gasteiger partial charge in [-0.2, -0.15) is 0 Å². The van der Waals surface area contributed by atoms with Gasteiger partial charge in [-0.3, -0.25) is 9.59 Å². The first-order chi connectivity index (χ1) is 36.9. The van der Waals surface area contributed by atoms with Crippen LogP contribution in [0.4, 0.5) is 10.5 Å². The second-order valence-electron chi connectivity index (χ2n) is 22.6. The third-order valence-corrected chi connectivity index (χ3v) is 18.4. The summed E-state index contributed by atoms with van der Waals surface area (Å²) in [5.41, 5.74) is 14.5.